The molecule has 2 aromatic carbocycles. The molecule has 0 saturated heterocycles. The summed E-state index contributed by atoms with van der Waals surface area (Å²) in [6.45, 7) is 8.77. The average Bonchev–Trinajstić information content (AvgIpc) is 2.99. The van der Waals surface area contributed by atoms with Gasteiger partial charge in [0.2, 0.25) is 0 Å². The number of nitrogens with zero attached hydrogens (tertiary/aromatic N) is 2. The van der Waals surface area contributed by atoms with E-state index in [1.165, 1.54) is 9.34 Å². The van der Waals surface area contributed by atoms with E-state index in [-0.39, 0.29) is 0 Å². The van der Waals surface area contributed by atoms with Gasteiger partial charge in [0.1, 0.15) is 0 Å². The van der Waals surface area contributed by atoms with Crippen LogP contribution in [-0.4, -0.2) is 35.5 Å². The van der Waals surface area contributed by atoms with E-state index >= 15 is 8.39 Å². The van der Waals surface area contributed by atoms with Crippen LogP contribution in [0.5, 0.6) is 0 Å². The third-order valence-corrected chi connectivity index (χ3v) is 10.2. The molecule has 26 heavy (non-hydrogen) atoms. The monoisotopic (exact) mass is 378 g/mol. The van der Waals surface area contributed by atoms with Crippen LogP contribution in [0.1, 0.15) is 44.5 Å². The molecule has 5 heteroatoms. The van der Waals surface area contributed by atoms with Crippen molar-refractivity contribution in [2.75, 3.05) is 26.2 Å². The maximum atomic E-state index is 17.2. The Hall–Kier alpha value is -1.35. The summed E-state index contributed by atoms with van der Waals surface area (Å²) in [5, 5.41) is 0. The van der Waals surface area contributed by atoms with Crippen molar-refractivity contribution in [3.8, 4) is 11.1 Å². The Morgan fingerprint density at radius 3 is 1.38 bits per heavy atom. The molecule has 0 spiro atoms. The van der Waals surface area contributed by atoms with E-state index in [1.54, 1.807) is 0 Å². The number of halogens is 2. The molecular weight excluding hydrogens is 349 g/mol. The second kappa shape index (κ2) is 6.99. The van der Waals surface area contributed by atoms with Gasteiger partial charge in [0, 0.05) is 0 Å². The Balaban J connectivity index is 2.35. The van der Waals surface area contributed by atoms with Crippen LogP contribution in [0.4, 0.5) is 8.39 Å². The zero-order valence-corrected chi connectivity index (χ0v) is 17.0. The molecule has 142 valence electrons. The number of benzene rings is 2. The number of hydrogen-bond acceptors (Lipinski definition) is 2. The third-order valence-electron chi connectivity index (χ3n) is 5.69. The van der Waals surface area contributed by atoms with Crippen molar-refractivity contribution in [3.05, 3.63) is 59.7 Å². The fourth-order valence-corrected chi connectivity index (χ4v) is 8.94. The summed E-state index contributed by atoms with van der Waals surface area (Å²) >= 11 is 0. The Morgan fingerprint density at radius 1 is 0.692 bits per heavy atom. The molecule has 0 aliphatic heterocycles. The molecular formula is C21H29F2N2P. The zero-order valence-electron chi connectivity index (χ0n) is 16.1. The van der Waals surface area contributed by atoms with Gasteiger partial charge in [0.25, 0.3) is 0 Å². The fraction of sp³-hybridized carbons (Fsp3) is 0.429. The van der Waals surface area contributed by atoms with Gasteiger partial charge in [-0.05, 0) is 0 Å². The summed E-state index contributed by atoms with van der Waals surface area (Å²) in [6, 6.07) is 15.4. The quantitative estimate of drug-likeness (QED) is 0.501. The van der Waals surface area contributed by atoms with Gasteiger partial charge in [-0.15, -0.1) is 0 Å². The van der Waals surface area contributed by atoms with E-state index in [9.17, 15) is 0 Å². The van der Waals surface area contributed by atoms with E-state index in [4.69, 9.17) is 0 Å². The Bertz CT molecular complexity index is 724. The predicted molar refractivity (Wildman–Crippen MR) is 109 cm³/mol. The standard InChI is InChI=1S/C21H29F2N2P/c1-5-24(6-2)26(22,23,25(7-3)8-4)21-19-15-11-9-13-17(19)18-14-10-12-16-20(18)21/h9-16,21H,5-8H2,1-4H3. The number of rotatable bonds is 7. The van der Waals surface area contributed by atoms with E-state index in [2.05, 4.69) is 0 Å². The average molecular weight is 378 g/mol. The van der Waals surface area contributed by atoms with Crippen LogP contribution in [0.25, 0.3) is 11.1 Å². The SMILES string of the molecule is CCN(CC)P(F)(F)(C1c2ccccc2-c2ccccc21)N(CC)CC. The van der Waals surface area contributed by atoms with Crippen LogP contribution in [0.15, 0.2) is 48.5 Å². The second-order valence-corrected chi connectivity index (χ2v) is 10.1. The first-order valence-electron chi connectivity index (χ1n) is 9.57. The first kappa shape index (κ1) is 19.4. The Morgan fingerprint density at radius 2 is 1.04 bits per heavy atom. The van der Waals surface area contributed by atoms with Crippen molar-refractivity contribution < 1.29 is 8.39 Å². The van der Waals surface area contributed by atoms with Gasteiger partial charge >= 0.3 is 156 Å². The molecule has 0 aromatic heterocycles. The molecule has 3 rings (SSSR count). The summed E-state index contributed by atoms with van der Waals surface area (Å²) in [6.07, 6.45) is 0. The summed E-state index contributed by atoms with van der Waals surface area (Å²) in [4.78, 5) is 0. The van der Waals surface area contributed by atoms with Crippen molar-refractivity contribution in [2.45, 2.75) is 33.4 Å². The molecule has 1 aliphatic rings. The van der Waals surface area contributed by atoms with E-state index in [0.717, 1.165) is 22.3 Å². The van der Waals surface area contributed by atoms with Crippen LogP contribution in [-0.2, 0) is 0 Å². The number of fused-ring (bicyclic) bond motifs is 3. The van der Waals surface area contributed by atoms with Crippen molar-refractivity contribution in [2.24, 2.45) is 0 Å². The van der Waals surface area contributed by atoms with E-state index in [0.29, 0.717) is 26.2 Å². The minimum absolute atomic E-state index is 0.346. The molecule has 0 fully saturated rings. The first-order chi connectivity index (χ1) is 12.4. The number of hydrogen-bond donors (Lipinski definition) is 0. The predicted octanol–water partition coefficient (Wildman–Crippen LogP) is 6.59. The first-order valence-corrected chi connectivity index (χ1v) is 11.6. The second-order valence-electron chi connectivity index (χ2n) is 6.74. The van der Waals surface area contributed by atoms with Gasteiger partial charge in [-0.25, -0.2) is 0 Å². The molecule has 0 amide bonds. The summed E-state index contributed by atoms with van der Waals surface area (Å²) < 4.78 is 37.3. The molecule has 0 atom stereocenters. The Kier molecular flexibility index (Phi) is 5.22. The maximum absolute atomic E-state index is 17.2. The van der Waals surface area contributed by atoms with Crippen LogP contribution in [0.2, 0.25) is 0 Å². The van der Waals surface area contributed by atoms with Crippen LogP contribution < -0.4 is 0 Å². The molecule has 0 heterocycles. The summed E-state index contributed by atoms with van der Waals surface area (Å²) in [7, 11) is -5.42. The van der Waals surface area contributed by atoms with Crippen molar-refractivity contribution in [1.82, 2.24) is 9.34 Å². The van der Waals surface area contributed by atoms with Gasteiger partial charge in [0.15, 0.2) is 0 Å². The molecule has 1 aliphatic carbocycles. The van der Waals surface area contributed by atoms with Gasteiger partial charge in [-0.1, -0.05) is 0 Å². The molecule has 0 radical (unpaired) electrons. The van der Waals surface area contributed by atoms with Gasteiger partial charge in [-0.2, -0.15) is 0 Å². The van der Waals surface area contributed by atoms with E-state index in [1.807, 2.05) is 76.2 Å². The summed E-state index contributed by atoms with van der Waals surface area (Å²) in [5.41, 5.74) is 2.58. The summed E-state index contributed by atoms with van der Waals surface area (Å²) in [5.74, 6) is 0. The van der Waals surface area contributed by atoms with Crippen molar-refractivity contribution in [3.63, 3.8) is 0 Å². The van der Waals surface area contributed by atoms with E-state index < -0.39 is 13.2 Å². The fourth-order valence-electron chi connectivity index (χ4n) is 4.55. The topological polar surface area (TPSA) is 6.48 Å². The minimum atomic E-state index is -5.42. The van der Waals surface area contributed by atoms with Crippen LogP contribution in [0, 0.1) is 0 Å². The molecule has 0 N–H and O–H groups in total. The van der Waals surface area contributed by atoms with Crippen LogP contribution in [0.3, 0.4) is 0 Å². The van der Waals surface area contributed by atoms with Crippen molar-refractivity contribution in [1.29, 1.82) is 0 Å². The molecule has 2 aromatic rings. The van der Waals surface area contributed by atoms with Gasteiger partial charge < -0.3 is 0 Å². The Labute approximate surface area is 156 Å². The van der Waals surface area contributed by atoms with Gasteiger partial charge in [0.05, 0.1) is 0 Å². The zero-order chi connectivity index (χ0) is 19.0. The van der Waals surface area contributed by atoms with Crippen LogP contribution >= 0.6 is 7.53 Å². The third kappa shape index (κ3) is 2.54. The van der Waals surface area contributed by atoms with Crippen molar-refractivity contribution >= 4 is 7.53 Å². The normalized spacial score (nSPS) is 15.8. The molecule has 0 bridgehead atoms. The van der Waals surface area contributed by atoms with Gasteiger partial charge in [-0.3, -0.25) is 0 Å². The molecule has 2 nitrogen and oxygen atoms in total. The molecule has 0 unspecified atom stereocenters. The molecule has 0 saturated carbocycles.